The summed E-state index contributed by atoms with van der Waals surface area (Å²) in [5.41, 5.74) is 1.48. The molecular weight excluding hydrogens is 327 g/mol. The molecule has 0 aliphatic carbocycles. The van der Waals surface area contributed by atoms with E-state index in [9.17, 15) is 0 Å². The molecule has 0 bridgehead atoms. The second-order valence-electron chi connectivity index (χ2n) is 3.45. The third kappa shape index (κ3) is 2.44. The topological polar surface area (TPSA) is 37.9 Å². The second kappa shape index (κ2) is 4.88. The average Bonchev–Trinajstić information content (AvgIpc) is 2.56. The normalized spacial score (nSPS) is 10.6. The first-order chi connectivity index (χ1) is 8.02. The molecule has 0 aliphatic heterocycles. The predicted molar refractivity (Wildman–Crippen MR) is 73.0 cm³/mol. The number of aromatic amines is 1. The molecule has 2 rings (SSSR count). The van der Waals surface area contributed by atoms with Crippen molar-refractivity contribution in [3.05, 3.63) is 32.6 Å². The smallest absolute Gasteiger partial charge is 0.147 e. The Labute approximate surface area is 117 Å². The van der Waals surface area contributed by atoms with E-state index in [4.69, 9.17) is 27.9 Å². The minimum absolute atomic E-state index is 0.461. The number of aromatic nitrogens is 2. The molecule has 0 spiro atoms. The van der Waals surface area contributed by atoms with Gasteiger partial charge in [0.15, 0.2) is 0 Å². The van der Waals surface area contributed by atoms with E-state index in [-0.39, 0.29) is 0 Å². The summed E-state index contributed by atoms with van der Waals surface area (Å²) in [6.07, 6.45) is 0. The average molecular weight is 336 g/mol. The van der Waals surface area contributed by atoms with Crippen LogP contribution in [-0.4, -0.2) is 17.1 Å². The number of nitrogens with one attached hydrogen (secondary N) is 1. The summed E-state index contributed by atoms with van der Waals surface area (Å²) in [5.74, 6) is 1.35. The largest absolute Gasteiger partial charge is 0.494 e. The van der Waals surface area contributed by atoms with Crippen molar-refractivity contribution in [2.24, 2.45) is 0 Å². The number of rotatable bonds is 2. The summed E-state index contributed by atoms with van der Waals surface area (Å²) < 4.78 is 6.05. The number of H-pyrrole nitrogens is 1. The van der Waals surface area contributed by atoms with Crippen LogP contribution in [0, 0.1) is 6.92 Å². The SMILES string of the molecule is COc1c(Cl)cc(Cl)cc1-c1nc(C)[nH]c1Br. The minimum Gasteiger partial charge on any atom is -0.494 e. The van der Waals surface area contributed by atoms with Crippen LogP contribution in [0.15, 0.2) is 16.7 Å². The van der Waals surface area contributed by atoms with Crippen LogP contribution in [0.1, 0.15) is 5.82 Å². The molecule has 6 heteroatoms. The van der Waals surface area contributed by atoms with Crippen LogP contribution in [0.5, 0.6) is 5.75 Å². The van der Waals surface area contributed by atoms with Gasteiger partial charge in [0.25, 0.3) is 0 Å². The summed E-state index contributed by atoms with van der Waals surface area (Å²) in [7, 11) is 1.56. The molecule has 0 amide bonds. The van der Waals surface area contributed by atoms with E-state index in [2.05, 4.69) is 25.9 Å². The monoisotopic (exact) mass is 334 g/mol. The Morgan fingerprint density at radius 1 is 1.35 bits per heavy atom. The molecule has 0 unspecified atom stereocenters. The van der Waals surface area contributed by atoms with Gasteiger partial charge in [0.1, 0.15) is 21.9 Å². The van der Waals surface area contributed by atoms with Gasteiger partial charge in [-0.2, -0.15) is 0 Å². The Bertz CT molecular complexity index is 569. The van der Waals surface area contributed by atoms with Crippen LogP contribution >= 0.6 is 39.1 Å². The highest BCUT2D eigenvalue weighted by molar-refractivity contribution is 9.10. The molecule has 0 atom stereocenters. The quantitative estimate of drug-likeness (QED) is 0.879. The molecule has 1 heterocycles. The summed E-state index contributed by atoms with van der Waals surface area (Å²) in [4.78, 5) is 7.43. The number of hydrogen-bond donors (Lipinski definition) is 1. The lowest BCUT2D eigenvalue weighted by Crippen LogP contribution is -1.90. The standard InChI is InChI=1S/C11H9BrCl2N2O/c1-5-15-9(11(12)16-5)7-3-6(13)4-8(14)10(7)17-2/h3-4H,1-2H3,(H,15,16). The zero-order valence-electron chi connectivity index (χ0n) is 9.14. The van der Waals surface area contributed by atoms with E-state index in [1.807, 2.05) is 6.92 Å². The molecule has 17 heavy (non-hydrogen) atoms. The van der Waals surface area contributed by atoms with Gasteiger partial charge in [0.05, 0.1) is 12.1 Å². The van der Waals surface area contributed by atoms with Gasteiger partial charge in [-0.15, -0.1) is 0 Å². The minimum atomic E-state index is 0.461. The van der Waals surface area contributed by atoms with Gasteiger partial charge in [-0.1, -0.05) is 23.2 Å². The number of aryl methyl sites for hydroxylation is 1. The summed E-state index contributed by atoms with van der Waals surface area (Å²) in [6.45, 7) is 1.87. The maximum absolute atomic E-state index is 6.08. The lowest BCUT2D eigenvalue weighted by Gasteiger charge is -2.09. The van der Waals surface area contributed by atoms with Gasteiger partial charge in [-0.25, -0.2) is 4.98 Å². The summed E-state index contributed by atoms with van der Waals surface area (Å²) in [6, 6.07) is 3.41. The number of halogens is 3. The molecule has 0 radical (unpaired) electrons. The van der Waals surface area contributed by atoms with E-state index in [0.717, 1.165) is 21.7 Å². The fourth-order valence-electron chi connectivity index (χ4n) is 1.58. The van der Waals surface area contributed by atoms with E-state index in [1.54, 1.807) is 19.2 Å². The van der Waals surface area contributed by atoms with Gasteiger partial charge in [-0.3, -0.25) is 0 Å². The van der Waals surface area contributed by atoms with Crippen LogP contribution in [0.25, 0.3) is 11.3 Å². The molecule has 1 aromatic heterocycles. The first kappa shape index (κ1) is 12.7. The van der Waals surface area contributed by atoms with Crippen molar-refractivity contribution in [3.8, 4) is 17.0 Å². The first-order valence-electron chi connectivity index (χ1n) is 4.78. The maximum Gasteiger partial charge on any atom is 0.147 e. The van der Waals surface area contributed by atoms with Gasteiger partial charge in [0.2, 0.25) is 0 Å². The molecule has 3 nitrogen and oxygen atoms in total. The third-order valence-electron chi connectivity index (χ3n) is 2.25. The lowest BCUT2D eigenvalue weighted by atomic mass is 10.1. The number of methoxy groups -OCH3 is 1. The molecule has 0 saturated heterocycles. The van der Waals surface area contributed by atoms with Crippen LogP contribution in [0.3, 0.4) is 0 Å². The fourth-order valence-corrected chi connectivity index (χ4v) is 2.74. The Kier molecular flexibility index (Phi) is 3.66. The van der Waals surface area contributed by atoms with Crippen molar-refractivity contribution in [2.45, 2.75) is 6.92 Å². The summed E-state index contributed by atoms with van der Waals surface area (Å²) in [5, 5.41) is 1.00. The molecule has 1 N–H and O–H groups in total. The third-order valence-corrected chi connectivity index (χ3v) is 3.32. The van der Waals surface area contributed by atoms with Crippen molar-refractivity contribution < 1.29 is 4.74 Å². The molecule has 0 aliphatic rings. The lowest BCUT2D eigenvalue weighted by molar-refractivity contribution is 0.416. The van der Waals surface area contributed by atoms with Gasteiger partial charge in [-0.05, 0) is 35.0 Å². The van der Waals surface area contributed by atoms with Gasteiger partial charge < -0.3 is 9.72 Å². The van der Waals surface area contributed by atoms with E-state index in [1.165, 1.54) is 0 Å². The Balaban J connectivity index is 2.69. The molecule has 0 saturated carbocycles. The molecule has 90 valence electrons. The van der Waals surface area contributed by atoms with Crippen LogP contribution < -0.4 is 4.74 Å². The number of hydrogen-bond acceptors (Lipinski definition) is 2. The second-order valence-corrected chi connectivity index (χ2v) is 5.09. The van der Waals surface area contributed by atoms with Crippen LogP contribution in [0.2, 0.25) is 10.0 Å². The fraction of sp³-hybridized carbons (Fsp3) is 0.182. The molecular formula is C11H9BrCl2N2O. The van der Waals surface area contributed by atoms with E-state index in [0.29, 0.717) is 15.8 Å². The number of imidazole rings is 1. The Morgan fingerprint density at radius 3 is 2.59 bits per heavy atom. The van der Waals surface area contributed by atoms with Gasteiger partial charge >= 0.3 is 0 Å². The van der Waals surface area contributed by atoms with E-state index >= 15 is 0 Å². The maximum atomic E-state index is 6.08. The zero-order valence-corrected chi connectivity index (χ0v) is 12.2. The molecule has 2 aromatic rings. The molecule has 1 aromatic carbocycles. The van der Waals surface area contributed by atoms with E-state index < -0.39 is 0 Å². The Morgan fingerprint density at radius 2 is 2.06 bits per heavy atom. The van der Waals surface area contributed by atoms with Crippen molar-refractivity contribution in [1.82, 2.24) is 9.97 Å². The number of nitrogens with zero attached hydrogens (tertiary/aromatic N) is 1. The van der Waals surface area contributed by atoms with Crippen LogP contribution in [-0.2, 0) is 0 Å². The van der Waals surface area contributed by atoms with Crippen LogP contribution in [0.4, 0.5) is 0 Å². The van der Waals surface area contributed by atoms with Crippen molar-refractivity contribution in [3.63, 3.8) is 0 Å². The highest BCUT2D eigenvalue weighted by Crippen LogP contribution is 2.40. The summed E-state index contributed by atoms with van der Waals surface area (Å²) >= 11 is 15.5. The predicted octanol–water partition coefficient (Wildman–Crippen LogP) is 4.46. The first-order valence-corrected chi connectivity index (χ1v) is 6.33. The number of ether oxygens (including phenoxy) is 1. The highest BCUT2D eigenvalue weighted by atomic mass is 79.9. The molecule has 0 fully saturated rings. The Hall–Kier alpha value is -0.710. The number of benzene rings is 1. The van der Waals surface area contributed by atoms with Crippen molar-refractivity contribution >= 4 is 39.1 Å². The zero-order chi connectivity index (χ0) is 12.6. The van der Waals surface area contributed by atoms with Gasteiger partial charge in [0, 0.05) is 10.6 Å². The van der Waals surface area contributed by atoms with Crippen molar-refractivity contribution in [1.29, 1.82) is 0 Å². The highest BCUT2D eigenvalue weighted by Gasteiger charge is 2.16. The van der Waals surface area contributed by atoms with Crippen molar-refractivity contribution in [2.75, 3.05) is 7.11 Å².